The number of carbonyl (C=O) groups is 1. The van der Waals surface area contributed by atoms with Crippen LogP contribution in [0.25, 0.3) is 0 Å². The molecule has 8 nitrogen and oxygen atoms in total. The molecule has 1 saturated carbocycles. The van der Waals surface area contributed by atoms with Gasteiger partial charge in [0, 0.05) is 25.6 Å². The molecular formula is C27H32O8. The molecule has 3 fully saturated rings. The number of carbonyl (C=O) groups excluding carboxylic acids is 1. The number of epoxide rings is 1. The Bertz CT molecular complexity index is 996. The molecule has 2 saturated heterocycles. The van der Waals surface area contributed by atoms with Crippen molar-refractivity contribution in [3.8, 4) is 5.75 Å². The maximum absolute atomic E-state index is 13.1. The van der Waals surface area contributed by atoms with E-state index in [0.29, 0.717) is 37.6 Å². The molecule has 0 unspecified atom stereocenters. The van der Waals surface area contributed by atoms with Gasteiger partial charge in [0.2, 0.25) is 0 Å². The number of benzene rings is 2. The van der Waals surface area contributed by atoms with E-state index in [4.69, 9.17) is 28.4 Å². The minimum absolute atomic E-state index is 0.111. The first-order chi connectivity index (χ1) is 17.1. The molecule has 2 aromatic rings. The molecule has 0 radical (unpaired) electrons. The fraction of sp³-hybridized carbons (Fsp3) is 0.519. The molecule has 3 aliphatic rings. The van der Waals surface area contributed by atoms with Gasteiger partial charge in [0.15, 0.2) is 12.6 Å². The zero-order valence-corrected chi connectivity index (χ0v) is 20.0. The Balaban J connectivity index is 1.27. The minimum Gasteiger partial charge on any atom is -0.489 e. The van der Waals surface area contributed by atoms with Crippen molar-refractivity contribution in [1.29, 1.82) is 0 Å². The van der Waals surface area contributed by atoms with Gasteiger partial charge in [-0.2, -0.15) is 0 Å². The highest BCUT2D eigenvalue weighted by atomic mass is 16.8. The van der Waals surface area contributed by atoms with Gasteiger partial charge < -0.3 is 33.5 Å². The summed E-state index contributed by atoms with van der Waals surface area (Å²) in [5.74, 6) is -0.138. The fourth-order valence-electron chi connectivity index (χ4n) is 5.43. The molecule has 0 spiro atoms. The minimum atomic E-state index is -0.818. The largest absolute Gasteiger partial charge is 0.489 e. The van der Waals surface area contributed by atoms with Gasteiger partial charge in [0.25, 0.3) is 0 Å². The lowest BCUT2D eigenvalue weighted by atomic mass is 9.82. The summed E-state index contributed by atoms with van der Waals surface area (Å²) in [7, 11) is 0. The van der Waals surface area contributed by atoms with Crippen molar-refractivity contribution in [2.75, 3.05) is 19.8 Å². The number of hydrogen-bond donors (Lipinski definition) is 1. The molecule has 1 N–H and O–H groups in total. The van der Waals surface area contributed by atoms with Crippen molar-refractivity contribution < 1.29 is 38.3 Å². The molecule has 2 heterocycles. The first kappa shape index (κ1) is 24.2. The molecular weight excluding hydrogens is 452 g/mol. The first-order valence-corrected chi connectivity index (χ1v) is 12.2. The molecule has 8 heteroatoms. The van der Waals surface area contributed by atoms with E-state index in [1.165, 1.54) is 0 Å². The SMILES string of the molecule is CCO[C@@H]1C[C@H]2[C@H](OC(=O)c3ccc(OCc4ccccc4)cc3)[C@@H]3O[C@]3(CO)[C@H]2[C@@H](OCC)O1. The number of aliphatic hydroxyl groups is 1. The van der Waals surface area contributed by atoms with E-state index in [9.17, 15) is 9.90 Å². The number of rotatable bonds is 10. The summed E-state index contributed by atoms with van der Waals surface area (Å²) in [5.41, 5.74) is 0.670. The second-order valence-corrected chi connectivity index (χ2v) is 9.09. The van der Waals surface area contributed by atoms with Crippen LogP contribution in [0.4, 0.5) is 0 Å². The van der Waals surface area contributed by atoms with Crippen molar-refractivity contribution in [3.05, 3.63) is 65.7 Å². The molecule has 1 aliphatic carbocycles. The number of ether oxygens (including phenoxy) is 6. The van der Waals surface area contributed by atoms with Crippen LogP contribution in [-0.4, -0.2) is 61.3 Å². The van der Waals surface area contributed by atoms with Crippen LogP contribution in [0.3, 0.4) is 0 Å². The van der Waals surface area contributed by atoms with Crippen molar-refractivity contribution in [2.24, 2.45) is 11.8 Å². The normalized spacial score (nSPS) is 33.0. The van der Waals surface area contributed by atoms with E-state index in [1.807, 2.05) is 44.2 Å². The zero-order valence-electron chi connectivity index (χ0n) is 20.0. The third-order valence-corrected chi connectivity index (χ3v) is 7.07. The lowest BCUT2D eigenvalue weighted by Gasteiger charge is -2.42. The van der Waals surface area contributed by atoms with Crippen molar-refractivity contribution in [3.63, 3.8) is 0 Å². The van der Waals surface area contributed by atoms with E-state index < -0.39 is 36.4 Å². The van der Waals surface area contributed by atoms with Crippen molar-refractivity contribution >= 4 is 5.97 Å². The highest BCUT2D eigenvalue weighted by molar-refractivity contribution is 5.89. The Hall–Kier alpha value is -2.49. The Labute approximate surface area is 205 Å². The maximum atomic E-state index is 13.1. The van der Waals surface area contributed by atoms with Crippen LogP contribution in [0, 0.1) is 11.8 Å². The van der Waals surface area contributed by atoms with Gasteiger partial charge in [0.1, 0.15) is 30.2 Å². The average molecular weight is 485 g/mol. The maximum Gasteiger partial charge on any atom is 0.338 e. The summed E-state index contributed by atoms with van der Waals surface area (Å²) in [5, 5.41) is 10.2. The van der Waals surface area contributed by atoms with E-state index in [0.717, 1.165) is 5.56 Å². The number of aliphatic hydroxyl groups excluding tert-OH is 1. The molecule has 35 heavy (non-hydrogen) atoms. The first-order valence-electron chi connectivity index (χ1n) is 12.2. The van der Waals surface area contributed by atoms with E-state index in [1.54, 1.807) is 24.3 Å². The summed E-state index contributed by atoms with van der Waals surface area (Å²) in [4.78, 5) is 13.1. The number of esters is 1. The standard InChI is InChI=1S/C27H32O8/c1-3-30-21-14-20-22(26(33-21)31-4-2)27(16-28)24(35-27)23(20)34-25(29)18-10-12-19(13-11-18)32-15-17-8-6-5-7-9-17/h5-13,20-24,26,28H,3-4,14-16H2,1-2H3/t20-,21+,22-,23+,24+,26+,27-/m1/s1. The van der Waals surface area contributed by atoms with Crippen LogP contribution < -0.4 is 4.74 Å². The van der Waals surface area contributed by atoms with Gasteiger partial charge in [-0.25, -0.2) is 4.79 Å². The quantitative estimate of drug-likeness (QED) is 0.405. The summed E-state index contributed by atoms with van der Waals surface area (Å²) in [6.45, 7) is 4.99. The Morgan fingerprint density at radius 1 is 1.06 bits per heavy atom. The van der Waals surface area contributed by atoms with Gasteiger partial charge in [-0.1, -0.05) is 30.3 Å². The number of hydrogen-bond acceptors (Lipinski definition) is 8. The lowest BCUT2D eigenvalue weighted by molar-refractivity contribution is -0.309. The predicted molar refractivity (Wildman–Crippen MR) is 125 cm³/mol. The monoisotopic (exact) mass is 484 g/mol. The second-order valence-electron chi connectivity index (χ2n) is 9.09. The molecule has 0 aromatic heterocycles. The molecule has 2 aromatic carbocycles. The van der Waals surface area contributed by atoms with Gasteiger partial charge in [-0.3, -0.25) is 0 Å². The molecule has 2 aliphatic heterocycles. The van der Waals surface area contributed by atoms with Crippen LogP contribution in [0.2, 0.25) is 0 Å². The van der Waals surface area contributed by atoms with E-state index in [-0.39, 0.29) is 18.4 Å². The van der Waals surface area contributed by atoms with Crippen LogP contribution in [0.5, 0.6) is 5.75 Å². The van der Waals surface area contributed by atoms with E-state index >= 15 is 0 Å². The molecule has 5 rings (SSSR count). The van der Waals surface area contributed by atoms with Crippen LogP contribution >= 0.6 is 0 Å². The van der Waals surface area contributed by atoms with E-state index in [2.05, 4.69) is 0 Å². The summed E-state index contributed by atoms with van der Waals surface area (Å²) < 4.78 is 35.3. The highest BCUT2D eigenvalue weighted by Gasteiger charge is 2.77. The summed E-state index contributed by atoms with van der Waals surface area (Å²) in [6.07, 6.45) is -1.45. The third-order valence-electron chi connectivity index (χ3n) is 7.07. The van der Waals surface area contributed by atoms with Crippen LogP contribution in [0.15, 0.2) is 54.6 Å². The second kappa shape index (κ2) is 10.2. The van der Waals surface area contributed by atoms with Crippen molar-refractivity contribution in [1.82, 2.24) is 0 Å². The zero-order chi connectivity index (χ0) is 24.4. The smallest absolute Gasteiger partial charge is 0.338 e. The summed E-state index contributed by atoms with van der Waals surface area (Å²) >= 11 is 0. The van der Waals surface area contributed by atoms with Crippen LogP contribution in [0.1, 0.15) is 36.2 Å². The summed E-state index contributed by atoms with van der Waals surface area (Å²) in [6, 6.07) is 16.8. The Morgan fingerprint density at radius 2 is 1.80 bits per heavy atom. The lowest BCUT2D eigenvalue weighted by Crippen LogP contribution is -2.50. The molecule has 0 amide bonds. The number of fused-ring (bicyclic) bond motifs is 3. The molecule has 0 bridgehead atoms. The van der Waals surface area contributed by atoms with Gasteiger partial charge in [-0.05, 0) is 43.7 Å². The molecule has 188 valence electrons. The van der Waals surface area contributed by atoms with Gasteiger partial charge >= 0.3 is 5.97 Å². The van der Waals surface area contributed by atoms with Crippen molar-refractivity contribution in [2.45, 2.75) is 57.3 Å². The highest BCUT2D eigenvalue weighted by Crippen LogP contribution is 2.61. The average Bonchev–Trinajstić information content (AvgIpc) is 3.56. The Morgan fingerprint density at radius 3 is 2.49 bits per heavy atom. The predicted octanol–water partition coefficient (Wildman–Crippen LogP) is 3.31. The fourth-order valence-corrected chi connectivity index (χ4v) is 5.43. The van der Waals surface area contributed by atoms with Gasteiger partial charge in [-0.15, -0.1) is 0 Å². The van der Waals surface area contributed by atoms with Crippen LogP contribution in [-0.2, 0) is 30.3 Å². The topological polar surface area (TPSA) is 96.0 Å². The van der Waals surface area contributed by atoms with Gasteiger partial charge in [0.05, 0.1) is 18.1 Å². The Kier molecular flexibility index (Phi) is 7.09. The molecule has 7 atom stereocenters. The third kappa shape index (κ3) is 4.69.